The zero-order chi connectivity index (χ0) is 23.2. The minimum atomic E-state index is -0.198. The summed E-state index contributed by atoms with van der Waals surface area (Å²) < 4.78 is 4.58. The SMILES string of the molecule is [B]C1=C2CCC=C(c3ccccc3O)/C=C(/NCCNC(=O)c3ccc(O)cc3)N2[I-]I=C1. The van der Waals surface area contributed by atoms with Crippen LogP contribution in [-0.2, 0) is 0 Å². The third-order valence-electron chi connectivity index (χ3n) is 5.14. The number of amides is 1. The molecule has 6 nitrogen and oxygen atoms in total. The third-order valence-corrected chi connectivity index (χ3v) is 13.2. The molecule has 0 saturated carbocycles. The van der Waals surface area contributed by atoms with Gasteiger partial charge in [0.25, 0.3) is 0 Å². The van der Waals surface area contributed by atoms with Crippen LogP contribution >= 0.6 is 16.8 Å². The summed E-state index contributed by atoms with van der Waals surface area (Å²) >= 11 is -0.270. The van der Waals surface area contributed by atoms with E-state index in [2.05, 4.69) is 29.9 Å². The summed E-state index contributed by atoms with van der Waals surface area (Å²) in [4.78, 5) is 12.4. The van der Waals surface area contributed by atoms with Gasteiger partial charge >= 0.3 is 213 Å². The van der Waals surface area contributed by atoms with Crippen molar-refractivity contribution < 1.29 is 32.5 Å². The van der Waals surface area contributed by atoms with Gasteiger partial charge in [0.2, 0.25) is 0 Å². The number of nitrogens with zero attached hydrogens (tertiary/aromatic N) is 1. The number of nitrogens with one attached hydrogen (secondary N) is 2. The topological polar surface area (TPSA) is 84.8 Å². The first-order valence-electron chi connectivity index (χ1n) is 10.4. The average Bonchev–Trinajstić information content (AvgIpc) is 2.80. The fourth-order valence-corrected chi connectivity index (χ4v) is 12.3. The van der Waals surface area contributed by atoms with E-state index in [1.54, 1.807) is 18.2 Å². The average molecular weight is 666 g/mol. The first-order valence-corrected chi connectivity index (χ1v) is 18.9. The molecule has 0 fully saturated rings. The van der Waals surface area contributed by atoms with Gasteiger partial charge in [-0.3, -0.25) is 0 Å². The second-order valence-electron chi connectivity index (χ2n) is 7.41. The van der Waals surface area contributed by atoms with E-state index in [1.165, 1.54) is 12.1 Å². The second-order valence-corrected chi connectivity index (χ2v) is 15.4. The van der Waals surface area contributed by atoms with E-state index in [1.807, 2.05) is 18.2 Å². The Labute approximate surface area is 211 Å². The van der Waals surface area contributed by atoms with Crippen molar-refractivity contribution in [1.29, 1.82) is 0 Å². The molecular formula is C24H23BI2N3O3-. The molecule has 9 heteroatoms. The van der Waals surface area contributed by atoms with Gasteiger partial charge in [0, 0.05) is 0 Å². The Kier molecular flexibility index (Phi) is 8.13. The molecule has 2 heterocycles. The summed E-state index contributed by atoms with van der Waals surface area (Å²) in [6.45, 7) is 0.980. The van der Waals surface area contributed by atoms with Crippen LogP contribution in [0.3, 0.4) is 0 Å². The molecule has 0 atom stereocenters. The summed E-state index contributed by atoms with van der Waals surface area (Å²) in [7, 11) is 6.35. The van der Waals surface area contributed by atoms with Crippen LogP contribution in [0.25, 0.3) is 5.57 Å². The Morgan fingerprint density at radius 2 is 1.91 bits per heavy atom. The van der Waals surface area contributed by atoms with Gasteiger partial charge in [0.05, 0.1) is 0 Å². The zero-order valence-corrected chi connectivity index (χ0v) is 22.1. The van der Waals surface area contributed by atoms with Crippen LogP contribution in [0.1, 0.15) is 28.8 Å². The van der Waals surface area contributed by atoms with Crippen molar-refractivity contribution in [2.75, 3.05) is 13.1 Å². The van der Waals surface area contributed by atoms with Crippen LogP contribution in [0, 0.1) is 0 Å². The van der Waals surface area contributed by atoms with E-state index in [4.69, 9.17) is 7.85 Å². The Bertz CT molecular complexity index is 1160. The second kappa shape index (κ2) is 11.2. The predicted molar refractivity (Wildman–Crippen MR) is 137 cm³/mol. The number of para-hydroxylation sites is 1. The maximum absolute atomic E-state index is 12.4. The van der Waals surface area contributed by atoms with E-state index in [-0.39, 0.29) is 51.7 Å². The normalized spacial score (nSPS) is 17.8. The summed E-state index contributed by atoms with van der Waals surface area (Å²) in [6.07, 6.45) is 5.92. The molecule has 2 aliphatic heterocycles. The molecule has 0 aliphatic carbocycles. The molecular weight excluding hydrogens is 643 g/mol. The number of carbonyl (C=O) groups is 1. The van der Waals surface area contributed by atoms with Gasteiger partial charge in [0.15, 0.2) is 0 Å². The standard InChI is InChI=1S/C24H23BI2N3O3/c25-20-15-26-27-30-21(20)6-3-4-17(19-5-1-2-7-22(19)32)14-23(30)28-12-13-29-24(33)16-8-10-18(31)11-9-16/h1-2,4-5,7-11,14-15,28,31-32H,3,6,12-13H2,(H,29,33)/q-1/b17-4?,23-14-. The van der Waals surface area contributed by atoms with Crippen LogP contribution in [0.15, 0.2) is 77.7 Å². The van der Waals surface area contributed by atoms with E-state index < -0.39 is 0 Å². The zero-order valence-electron chi connectivity index (χ0n) is 17.8. The van der Waals surface area contributed by atoms with Gasteiger partial charge in [-0.2, -0.15) is 0 Å². The molecule has 4 rings (SSSR count). The van der Waals surface area contributed by atoms with E-state index in [0.29, 0.717) is 18.7 Å². The Morgan fingerprint density at radius 3 is 2.70 bits per heavy atom. The third kappa shape index (κ3) is 6.00. The van der Waals surface area contributed by atoms with Gasteiger partial charge in [-0.15, -0.1) is 0 Å². The fourth-order valence-electron chi connectivity index (χ4n) is 3.47. The minimum absolute atomic E-state index is 0.0717. The van der Waals surface area contributed by atoms with E-state index in [0.717, 1.165) is 41.0 Å². The number of aromatic hydroxyl groups is 2. The predicted octanol–water partition coefficient (Wildman–Crippen LogP) is 0.524. The van der Waals surface area contributed by atoms with Crippen molar-refractivity contribution in [3.63, 3.8) is 0 Å². The maximum atomic E-state index is 12.4. The number of phenolic OH excluding ortho intramolecular Hbond substituents is 2. The molecule has 33 heavy (non-hydrogen) atoms. The quantitative estimate of drug-likeness (QED) is 0.157. The molecule has 1 amide bonds. The molecule has 0 spiro atoms. The molecule has 2 aliphatic rings. The van der Waals surface area contributed by atoms with E-state index >= 15 is 0 Å². The van der Waals surface area contributed by atoms with Crippen LogP contribution in [-0.4, -0.2) is 44.2 Å². The van der Waals surface area contributed by atoms with Gasteiger partial charge in [0.1, 0.15) is 0 Å². The number of phenols is 2. The first kappa shape index (κ1) is 23.9. The number of allylic oxidation sites excluding steroid dienone is 5. The molecule has 0 saturated heterocycles. The van der Waals surface area contributed by atoms with Gasteiger partial charge in [-0.25, -0.2) is 0 Å². The van der Waals surface area contributed by atoms with Crippen molar-refractivity contribution in [1.82, 2.24) is 13.7 Å². The number of rotatable bonds is 6. The molecule has 2 aromatic carbocycles. The van der Waals surface area contributed by atoms with Gasteiger partial charge in [-0.05, 0) is 0 Å². The number of halogens is 2. The number of fused-ring (bicyclic) bond motifs is 1. The van der Waals surface area contributed by atoms with Crippen molar-refractivity contribution in [2.45, 2.75) is 12.8 Å². The van der Waals surface area contributed by atoms with Crippen molar-refractivity contribution in [3.05, 3.63) is 88.8 Å². The Hall–Kier alpha value is -2.28. The molecule has 170 valence electrons. The fraction of sp³-hybridized carbons (Fsp3) is 0.167. The number of benzene rings is 2. The van der Waals surface area contributed by atoms with Crippen molar-refractivity contribution in [3.8, 4) is 11.5 Å². The first-order chi connectivity index (χ1) is 16.0. The molecule has 2 aromatic rings. The Morgan fingerprint density at radius 1 is 1.12 bits per heavy atom. The van der Waals surface area contributed by atoms with Crippen LogP contribution in [0.2, 0.25) is 0 Å². The molecule has 4 N–H and O–H groups in total. The summed E-state index contributed by atoms with van der Waals surface area (Å²) in [5.41, 5.74) is 4.31. The van der Waals surface area contributed by atoms with Crippen LogP contribution < -0.4 is 28.1 Å². The van der Waals surface area contributed by atoms with Crippen molar-refractivity contribution in [2.24, 2.45) is 0 Å². The molecule has 0 unspecified atom stereocenters. The molecule has 2 radical (unpaired) electrons. The summed E-state index contributed by atoms with van der Waals surface area (Å²) in [5, 5.41) is 26.2. The van der Waals surface area contributed by atoms with Gasteiger partial charge < -0.3 is 0 Å². The van der Waals surface area contributed by atoms with Gasteiger partial charge in [-0.1, -0.05) is 0 Å². The molecule has 0 aromatic heterocycles. The number of hydrogen-bond donors (Lipinski definition) is 4. The Balaban J connectivity index is 1.50. The summed E-state index contributed by atoms with van der Waals surface area (Å²) in [6, 6.07) is 13.5. The molecule has 0 bridgehead atoms. The van der Waals surface area contributed by atoms with Crippen molar-refractivity contribution >= 4 is 40.1 Å². The summed E-state index contributed by atoms with van der Waals surface area (Å²) in [5.74, 6) is 1.16. The number of carbonyl (C=O) groups excluding carboxylic acids is 1. The monoisotopic (exact) mass is 666 g/mol. The number of hydrogen-bond acceptors (Lipinski definition) is 5. The van der Waals surface area contributed by atoms with Crippen LogP contribution in [0.5, 0.6) is 11.5 Å². The van der Waals surface area contributed by atoms with E-state index in [9.17, 15) is 15.0 Å². The van der Waals surface area contributed by atoms with Crippen LogP contribution in [0.4, 0.5) is 0 Å².